The Morgan fingerprint density at radius 1 is 1.33 bits per heavy atom. The molecule has 0 N–H and O–H groups in total. The average molecular weight is 355 g/mol. The van der Waals surface area contributed by atoms with Gasteiger partial charge in [-0.1, -0.05) is 0 Å². The first kappa shape index (κ1) is 18.3. The van der Waals surface area contributed by atoms with Crippen molar-refractivity contribution in [3.63, 3.8) is 0 Å². The smallest absolute Gasteiger partial charge is 0.318 e. The molecule has 1 aromatic carbocycles. The molecule has 0 unspecified atom stereocenters. The molecule has 0 aromatic heterocycles. The first-order valence-corrected chi connectivity index (χ1v) is 8.14. The second-order valence-corrected chi connectivity index (χ2v) is 5.57. The topological polar surface area (TPSA) is 85.2 Å². The fourth-order valence-electron chi connectivity index (χ4n) is 2.65. The predicted molar refractivity (Wildman–Crippen MR) is 92.6 cm³/mol. The van der Waals surface area contributed by atoms with E-state index in [0.29, 0.717) is 25.3 Å². The number of piperazine rings is 1. The van der Waals surface area contributed by atoms with E-state index >= 15 is 0 Å². The van der Waals surface area contributed by atoms with Crippen molar-refractivity contribution in [3.8, 4) is 5.75 Å². The van der Waals surface area contributed by atoms with Crippen LogP contribution in [0, 0.1) is 10.1 Å². The van der Waals surface area contributed by atoms with E-state index in [-0.39, 0.29) is 11.7 Å². The van der Waals surface area contributed by atoms with Crippen LogP contribution in [0.15, 0.2) is 18.2 Å². The third-order valence-electron chi connectivity index (χ3n) is 3.91. The standard InChI is InChI=1S/C15H21N3O5S/c1-2-22-14-11-12(3-4-13(14)18(20)21)17-9-7-16(8-10-17)6-5-15(19)23-24/h3-4,11,24H,2,5-10H2,1H3. The maximum atomic E-state index is 11.1. The molecule has 1 aliphatic rings. The van der Waals surface area contributed by atoms with Gasteiger partial charge in [0.15, 0.2) is 5.75 Å². The molecular weight excluding hydrogens is 334 g/mol. The van der Waals surface area contributed by atoms with Gasteiger partial charge in [0, 0.05) is 63.5 Å². The Kier molecular flexibility index (Phi) is 6.68. The lowest BCUT2D eigenvalue weighted by atomic mass is 10.2. The maximum Gasteiger partial charge on any atom is 0.318 e. The third kappa shape index (κ3) is 4.75. The molecule has 0 radical (unpaired) electrons. The predicted octanol–water partition coefficient (Wildman–Crippen LogP) is 1.89. The molecule has 24 heavy (non-hydrogen) atoms. The van der Waals surface area contributed by atoms with Crippen LogP contribution >= 0.6 is 12.9 Å². The number of nitro groups is 1. The van der Waals surface area contributed by atoms with Crippen LogP contribution in [0.5, 0.6) is 5.75 Å². The van der Waals surface area contributed by atoms with Crippen LogP contribution in [0.25, 0.3) is 0 Å². The van der Waals surface area contributed by atoms with Crippen LogP contribution in [0.2, 0.25) is 0 Å². The Morgan fingerprint density at radius 2 is 2.04 bits per heavy atom. The van der Waals surface area contributed by atoms with E-state index in [1.54, 1.807) is 19.1 Å². The van der Waals surface area contributed by atoms with E-state index in [4.69, 9.17) is 4.74 Å². The number of ether oxygens (including phenoxy) is 1. The molecule has 2 rings (SSSR count). The van der Waals surface area contributed by atoms with Gasteiger partial charge in [-0.05, 0) is 13.0 Å². The zero-order chi connectivity index (χ0) is 17.5. The lowest BCUT2D eigenvalue weighted by Crippen LogP contribution is -2.46. The summed E-state index contributed by atoms with van der Waals surface area (Å²) in [6.45, 7) is 5.97. The Morgan fingerprint density at radius 3 is 2.62 bits per heavy atom. The zero-order valence-corrected chi connectivity index (χ0v) is 14.4. The van der Waals surface area contributed by atoms with Gasteiger partial charge in [-0.25, -0.2) is 0 Å². The average Bonchev–Trinajstić information content (AvgIpc) is 2.60. The highest BCUT2D eigenvalue weighted by atomic mass is 32.1. The summed E-state index contributed by atoms with van der Waals surface area (Å²) in [6.07, 6.45) is 0.315. The molecule has 1 aliphatic heterocycles. The van der Waals surface area contributed by atoms with E-state index < -0.39 is 4.92 Å². The van der Waals surface area contributed by atoms with Gasteiger partial charge in [-0.2, -0.15) is 0 Å². The number of rotatable bonds is 7. The van der Waals surface area contributed by atoms with Crippen LogP contribution in [0.3, 0.4) is 0 Å². The molecular formula is C15H21N3O5S. The summed E-state index contributed by atoms with van der Waals surface area (Å²) in [4.78, 5) is 26.1. The number of carbonyl (C=O) groups excluding carboxylic acids is 1. The minimum Gasteiger partial charge on any atom is -0.487 e. The molecule has 132 valence electrons. The van der Waals surface area contributed by atoms with E-state index in [1.165, 1.54) is 6.07 Å². The second-order valence-electron chi connectivity index (χ2n) is 5.38. The largest absolute Gasteiger partial charge is 0.487 e. The minimum atomic E-state index is -0.437. The highest BCUT2D eigenvalue weighted by Gasteiger charge is 2.21. The van der Waals surface area contributed by atoms with Gasteiger partial charge in [0.05, 0.1) is 18.0 Å². The van der Waals surface area contributed by atoms with Crippen molar-refractivity contribution < 1.29 is 18.6 Å². The minimum absolute atomic E-state index is 0.0236. The number of nitro benzene ring substituents is 1. The van der Waals surface area contributed by atoms with Crippen molar-refractivity contribution in [2.75, 3.05) is 44.2 Å². The van der Waals surface area contributed by atoms with E-state index in [0.717, 1.165) is 31.9 Å². The van der Waals surface area contributed by atoms with Gasteiger partial charge < -0.3 is 13.8 Å². The Hall–Kier alpha value is -2.00. The van der Waals surface area contributed by atoms with Crippen molar-refractivity contribution >= 4 is 30.3 Å². The molecule has 9 heteroatoms. The molecule has 0 saturated carbocycles. The van der Waals surface area contributed by atoms with Crippen LogP contribution < -0.4 is 9.64 Å². The van der Waals surface area contributed by atoms with E-state index in [9.17, 15) is 14.9 Å². The number of hydrogen-bond acceptors (Lipinski definition) is 8. The van der Waals surface area contributed by atoms with Gasteiger partial charge in [-0.3, -0.25) is 19.8 Å². The molecule has 1 saturated heterocycles. The van der Waals surface area contributed by atoms with Crippen LogP contribution in [0.1, 0.15) is 13.3 Å². The zero-order valence-electron chi connectivity index (χ0n) is 13.5. The molecule has 0 spiro atoms. The van der Waals surface area contributed by atoms with Gasteiger partial charge in [-0.15, -0.1) is 0 Å². The highest BCUT2D eigenvalue weighted by Crippen LogP contribution is 2.32. The van der Waals surface area contributed by atoms with Crippen molar-refractivity contribution in [3.05, 3.63) is 28.3 Å². The summed E-state index contributed by atoms with van der Waals surface area (Å²) in [5, 5.41) is 11.0. The Balaban J connectivity index is 1.97. The normalized spacial score (nSPS) is 15.2. The summed E-state index contributed by atoms with van der Waals surface area (Å²) in [5.74, 6) is -0.0450. The number of nitrogens with zero attached hydrogens (tertiary/aromatic N) is 3. The fourth-order valence-corrected chi connectivity index (χ4v) is 2.74. The molecule has 1 aromatic rings. The quantitative estimate of drug-likeness (QED) is 0.346. The number of thiol groups is 1. The van der Waals surface area contributed by atoms with Gasteiger partial charge in [0.2, 0.25) is 0 Å². The lowest BCUT2D eigenvalue weighted by molar-refractivity contribution is -0.385. The molecule has 1 heterocycles. The van der Waals surface area contributed by atoms with Crippen molar-refractivity contribution in [2.45, 2.75) is 13.3 Å². The fraction of sp³-hybridized carbons (Fsp3) is 0.533. The molecule has 0 bridgehead atoms. The van der Waals surface area contributed by atoms with E-state index in [1.807, 2.05) is 0 Å². The van der Waals surface area contributed by atoms with Crippen LogP contribution in [-0.2, 0) is 8.98 Å². The summed E-state index contributed by atoms with van der Waals surface area (Å²) in [7, 11) is 0. The first-order valence-electron chi connectivity index (χ1n) is 7.78. The molecule has 0 amide bonds. The van der Waals surface area contributed by atoms with Gasteiger partial charge >= 0.3 is 11.7 Å². The highest BCUT2D eigenvalue weighted by molar-refractivity contribution is 7.75. The number of anilines is 1. The summed E-state index contributed by atoms with van der Waals surface area (Å²) < 4.78 is 9.74. The number of hydrogen-bond donors (Lipinski definition) is 1. The van der Waals surface area contributed by atoms with E-state index in [2.05, 4.69) is 26.9 Å². The Labute approximate surface area is 146 Å². The van der Waals surface area contributed by atoms with Crippen LogP contribution in [0.4, 0.5) is 11.4 Å². The van der Waals surface area contributed by atoms with Crippen molar-refractivity contribution in [2.24, 2.45) is 0 Å². The number of benzene rings is 1. The first-order chi connectivity index (χ1) is 11.5. The molecule has 0 aliphatic carbocycles. The summed E-state index contributed by atoms with van der Waals surface area (Å²) in [5.41, 5.74) is 0.878. The lowest BCUT2D eigenvalue weighted by Gasteiger charge is -2.36. The summed E-state index contributed by atoms with van der Waals surface area (Å²) in [6, 6.07) is 4.94. The number of carbonyl (C=O) groups is 1. The molecule has 0 atom stereocenters. The van der Waals surface area contributed by atoms with Gasteiger partial charge in [0.1, 0.15) is 0 Å². The molecule has 8 nitrogen and oxygen atoms in total. The molecule has 1 fully saturated rings. The third-order valence-corrected chi connectivity index (χ3v) is 4.11. The Bertz CT molecular complexity index is 590. The SMILES string of the molecule is CCOc1cc(N2CCN(CCC(=O)OS)CC2)ccc1[N+](=O)[O-]. The maximum absolute atomic E-state index is 11.1. The monoisotopic (exact) mass is 355 g/mol. The second kappa shape index (κ2) is 8.74. The van der Waals surface area contributed by atoms with Crippen molar-refractivity contribution in [1.29, 1.82) is 0 Å². The van der Waals surface area contributed by atoms with Crippen molar-refractivity contribution in [1.82, 2.24) is 4.90 Å². The van der Waals surface area contributed by atoms with Gasteiger partial charge in [0.25, 0.3) is 0 Å². The summed E-state index contributed by atoms with van der Waals surface area (Å²) >= 11 is 3.49. The van der Waals surface area contributed by atoms with Crippen LogP contribution in [-0.4, -0.2) is 55.1 Å².